The number of nitrogens with one attached hydrogen (secondary N) is 1. The third-order valence-corrected chi connectivity index (χ3v) is 5.46. The number of carbonyl (C=O) groups is 2. The van der Waals surface area contributed by atoms with Crippen molar-refractivity contribution in [3.05, 3.63) is 29.3 Å². The summed E-state index contributed by atoms with van der Waals surface area (Å²) in [7, 11) is 0. The second-order valence-corrected chi connectivity index (χ2v) is 7.92. The van der Waals surface area contributed by atoms with Gasteiger partial charge in [-0.3, -0.25) is 14.7 Å². The van der Waals surface area contributed by atoms with E-state index in [1.807, 2.05) is 16.7 Å². The van der Waals surface area contributed by atoms with Gasteiger partial charge < -0.3 is 10.5 Å². The smallest absolute Gasteiger partial charge is 0.318 e. The number of halogens is 1. The molecule has 27 heavy (non-hydrogen) atoms. The normalized spacial score (nSPS) is 17.6. The molecule has 2 aromatic rings. The molecule has 3 rings (SSSR count). The third kappa shape index (κ3) is 5.00. The van der Waals surface area contributed by atoms with Gasteiger partial charge in [0, 0.05) is 17.2 Å². The number of hydrogen-bond acceptors (Lipinski definition) is 6. The fourth-order valence-corrected chi connectivity index (χ4v) is 3.76. The van der Waals surface area contributed by atoms with Crippen LogP contribution in [-0.2, 0) is 16.1 Å². The lowest BCUT2D eigenvalue weighted by atomic mass is 10.2. The zero-order valence-corrected chi connectivity index (χ0v) is 16.3. The highest BCUT2D eigenvalue weighted by molar-refractivity contribution is 8.00. The Morgan fingerprint density at radius 2 is 2.15 bits per heavy atom. The minimum absolute atomic E-state index is 0.0705. The molecule has 3 amide bonds. The Morgan fingerprint density at radius 1 is 1.41 bits per heavy atom. The highest BCUT2D eigenvalue weighted by Gasteiger charge is 2.25. The first-order chi connectivity index (χ1) is 12.9. The molecule has 1 fully saturated rings. The summed E-state index contributed by atoms with van der Waals surface area (Å²) < 4.78 is 7.69. The summed E-state index contributed by atoms with van der Waals surface area (Å²) in [6.07, 6.45) is 2.05. The molecule has 0 aliphatic carbocycles. The molecule has 1 aliphatic rings. The van der Waals surface area contributed by atoms with Gasteiger partial charge in [0.15, 0.2) is 11.0 Å². The highest BCUT2D eigenvalue weighted by Crippen LogP contribution is 2.29. The molecule has 0 saturated carbocycles. The summed E-state index contributed by atoms with van der Waals surface area (Å²) in [5.74, 6) is 0.194. The molecule has 0 bridgehead atoms. The summed E-state index contributed by atoms with van der Waals surface area (Å²) in [5, 5.41) is 11.3. The van der Waals surface area contributed by atoms with Gasteiger partial charge >= 0.3 is 6.03 Å². The summed E-state index contributed by atoms with van der Waals surface area (Å²) in [5.41, 5.74) is 5.88. The molecule has 3 N–H and O–H groups in total. The quantitative estimate of drug-likeness (QED) is 0.708. The van der Waals surface area contributed by atoms with Gasteiger partial charge in [0.1, 0.15) is 0 Å². The molecule has 2 heterocycles. The Labute approximate surface area is 165 Å². The predicted octanol–water partition coefficient (Wildman–Crippen LogP) is 2.45. The van der Waals surface area contributed by atoms with Crippen molar-refractivity contribution in [2.24, 2.45) is 5.73 Å². The van der Waals surface area contributed by atoms with Crippen LogP contribution in [0.5, 0.6) is 0 Å². The Bertz CT molecular complexity index is 820. The second kappa shape index (κ2) is 8.73. The van der Waals surface area contributed by atoms with E-state index in [0.29, 0.717) is 22.5 Å². The van der Waals surface area contributed by atoms with Crippen LogP contribution in [0.15, 0.2) is 29.4 Å². The molecule has 0 spiro atoms. The number of nitrogens with zero attached hydrogens (tertiary/aromatic N) is 3. The van der Waals surface area contributed by atoms with Crippen molar-refractivity contribution in [3.8, 4) is 11.4 Å². The van der Waals surface area contributed by atoms with E-state index in [1.54, 1.807) is 19.1 Å². The molecule has 1 saturated heterocycles. The zero-order valence-electron chi connectivity index (χ0n) is 14.7. The van der Waals surface area contributed by atoms with Crippen molar-refractivity contribution in [2.75, 3.05) is 6.61 Å². The second-order valence-electron chi connectivity index (χ2n) is 6.17. The molecular weight excluding hydrogens is 390 g/mol. The standard InChI is InChI=1S/C17H20ClN5O3S/c1-10(15(24)20-16(19)25)27-17-22-21-14(11-4-6-12(18)7-5-11)23(17)9-13-3-2-8-26-13/h4-7,10,13H,2-3,8-9H2,1H3,(H3,19,20,24,25)/t10-,13+/m0/s1. The summed E-state index contributed by atoms with van der Waals surface area (Å²) in [6, 6.07) is 6.44. The van der Waals surface area contributed by atoms with E-state index in [9.17, 15) is 9.59 Å². The molecule has 8 nitrogen and oxygen atoms in total. The van der Waals surface area contributed by atoms with E-state index in [0.717, 1.165) is 25.0 Å². The van der Waals surface area contributed by atoms with Gasteiger partial charge in [-0.2, -0.15) is 0 Å². The van der Waals surface area contributed by atoms with Crippen LogP contribution in [0.3, 0.4) is 0 Å². The number of nitrogens with two attached hydrogens (primary N) is 1. The van der Waals surface area contributed by atoms with E-state index >= 15 is 0 Å². The average Bonchev–Trinajstić information content (AvgIpc) is 3.26. The van der Waals surface area contributed by atoms with Gasteiger partial charge in [-0.05, 0) is 44.0 Å². The summed E-state index contributed by atoms with van der Waals surface area (Å²) in [6.45, 7) is 3.00. The maximum absolute atomic E-state index is 12.0. The first-order valence-corrected chi connectivity index (χ1v) is 9.77. The topological polar surface area (TPSA) is 112 Å². The number of carbonyl (C=O) groups excluding carboxylic acids is 2. The monoisotopic (exact) mass is 409 g/mol. The Kier molecular flexibility index (Phi) is 6.35. The number of amides is 3. The number of thioether (sulfide) groups is 1. The minimum atomic E-state index is -0.880. The number of ether oxygens (including phenoxy) is 1. The molecule has 1 aromatic heterocycles. The number of rotatable bonds is 6. The van der Waals surface area contributed by atoms with E-state index in [1.165, 1.54) is 11.8 Å². The molecule has 144 valence electrons. The van der Waals surface area contributed by atoms with Crippen molar-refractivity contribution in [2.45, 2.75) is 42.8 Å². The van der Waals surface area contributed by atoms with Crippen molar-refractivity contribution in [1.82, 2.24) is 20.1 Å². The number of aromatic nitrogens is 3. The minimum Gasteiger partial charge on any atom is -0.376 e. The first kappa shape index (κ1) is 19.7. The van der Waals surface area contributed by atoms with Crippen LogP contribution in [0, 0.1) is 0 Å². The largest absolute Gasteiger partial charge is 0.376 e. The van der Waals surface area contributed by atoms with Gasteiger partial charge in [0.25, 0.3) is 0 Å². The Balaban J connectivity index is 1.87. The molecule has 2 atom stereocenters. The van der Waals surface area contributed by atoms with Gasteiger partial charge in [-0.15, -0.1) is 10.2 Å². The molecule has 1 aliphatic heterocycles. The fourth-order valence-electron chi connectivity index (χ4n) is 2.78. The van der Waals surface area contributed by atoms with Crippen LogP contribution in [-0.4, -0.2) is 44.7 Å². The van der Waals surface area contributed by atoms with Gasteiger partial charge in [0.2, 0.25) is 5.91 Å². The van der Waals surface area contributed by atoms with Crippen molar-refractivity contribution in [1.29, 1.82) is 0 Å². The van der Waals surface area contributed by atoms with Crippen molar-refractivity contribution < 1.29 is 14.3 Å². The van der Waals surface area contributed by atoms with Crippen LogP contribution in [0.2, 0.25) is 5.02 Å². The lowest BCUT2D eigenvalue weighted by molar-refractivity contribution is -0.119. The van der Waals surface area contributed by atoms with E-state index in [2.05, 4.69) is 15.5 Å². The lowest BCUT2D eigenvalue weighted by Gasteiger charge is -2.16. The van der Waals surface area contributed by atoms with Gasteiger partial charge in [-0.1, -0.05) is 23.4 Å². The number of urea groups is 1. The van der Waals surface area contributed by atoms with Crippen LogP contribution < -0.4 is 11.1 Å². The Hall–Kier alpha value is -2.10. The van der Waals surface area contributed by atoms with Crippen molar-refractivity contribution in [3.63, 3.8) is 0 Å². The van der Waals surface area contributed by atoms with E-state index < -0.39 is 17.2 Å². The number of benzene rings is 1. The third-order valence-electron chi connectivity index (χ3n) is 4.13. The molecule has 1 aromatic carbocycles. The average molecular weight is 410 g/mol. The van der Waals surface area contributed by atoms with Gasteiger partial charge in [-0.25, -0.2) is 4.79 Å². The lowest BCUT2D eigenvalue weighted by Crippen LogP contribution is -2.39. The van der Waals surface area contributed by atoms with Crippen LogP contribution >= 0.6 is 23.4 Å². The van der Waals surface area contributed by atoms with Crippen LogP contribution in [0.25, 0.3) is 11.4 Å². The van der Waals surface area contributed by atoms with E-state index in [-0.39, 0.29) is 6.10 Å². The predicted molar refractivity (Wildman–Crippen MR) is 102 cm³/mol. The van der Waals surface area contributed by atoms with Crippen molar-refractivity contribution >= 4 is 35.3 Å². The fraction of sp³-hybridized carbons (Fsp3) is 0.412. The van der Waals surface area contributed by atoms with Crippen LogP contribution in [0.1, 0.15) is 19.8 Å². The summed E-state index contributed by atoms with van der Waals surface area (Å²) in [4.78, 5) is 22.9. The number of primary amides is 1. The maximum atomic E-state index is 12.0. The Morgan fingerprint density at radius 3 is 2.78 bits per heavy atom. The zero-order chi connectivity index (χ0) is 19.4. The maximum Gasteiger partial charge on any atom is 0.318 e. The van der Waals surface area contributed by atoms with Gasteiger partial charge in [0.05, 0.1) is 17.9 Å². The number of imide groups is 1. The molecular formula is C17H20ClN5O3S. The molecule has 0 radical (unpaired) electrons. The van der Waals surface area contributed by atoms with Crippen LogP contribution in [0.4, 0.5) is 4.79 Å². The first-order valence-electron chi connectivity index (χ1n) is 8.51. The molecule has 10 heteroatoms. The highest BCUT2D eigenvalue weighted by atomic mass is 35.5. The SMILES string of the molecule is C[C@H](Sc1nnc(-c2ccc(Cl)cc2)n1C[C@H]1CCCO1)C(=O)NC(N)=O. The molecule has 0 unspecified atom stereocenters. The van der Waals surface area contributed by atoms with E-state index in [4.69, 9.17) is 22.1 Å². The summed E-state index contributed by atoms with van der Waals surface area (Å²) >= 11 is 7.19. The number of hydrogen-bond donors (Lipinski definition) is 2.